The van der Waals surface area contributed by atoms with E-state index in [2.05, 4.69) is 0 Å². The Bertz CT molecular complexity index is 1120. The molecular weight excluding hydrogens is 400 g/mol. The van der Waals surface area contributed by atoms with E-state index in [0.29, 0.717) is 29.6 Å². The molecule has 0 amide bonds. The van der Waals surface area contributed by atoms with Crippen LogP contribution in [0.1, 0.15) is 23.1 Å². The Morgan fingerprint density at radius 2 is 1.77 bits per heavy atom. The number of methoxy groups -OCH3 is 1. The number of rotatable bonds is 9. The van der Waals surface area contributed by atoms with Gasteiger partial charge < -0.3 is 18.6 Å². The minimum Gasteiger partial charge on any atom is -0.463 e. The summed E-state index contributed by atoms with van der Waals surface area (Å²) in [5.74, 6) is -0.577. The summed E-state index contributed by atoms with van der Waals surface area (Å²) in [6.45, 7) is 2.29. The van der Waals surface area contributed by atoms with Crippen molar-refractivity contribution in [3.8, 4) is 5.75 Å². The average Bonchev–Trinajstić information content (AvgIpc) is 2.73. The summed E-state index contributed by atoms with van der Waals surface area (Å²) >= 11 is 0. The Morgan fingerprint density at radius 1 is 1.00 bits per heavy atom. The van der Waals surface area contributed by atoms with Crippen LogP contribution >= 0.6 is 0 Å². The van der Waals surface area contributed by atoms with E-state index in [-0.39, 0.29) is 31.2 Å². The monoisotopic (exact) mass is 424 g/mol. The molecule has 0 aliphatic heterocycles. The van der Waals surface area contributed by atoms with Crippen LogP contribution in [-0.4, -0.2) is 32.3 Å². The van der Waals surface area contributed by atoms with Crippen molar-refractivity contribution in [1.82, 2.24) is 0 Å². The van der Waals surface area contributed by atoms with E-state index < -0.39 is 11.6 Å². The minimum atomic E-state index is -0.485. The van der Waals surface area contributed by atoms with E-state index in [4.69, 9.17) is 18.6 Å². The van der Waals surface area contributed by atoms with Crippen LogP contribution in [-0.2, 0) is 31.9 Å². The molecule has 7 nitrogen and oxygen atoms in total. The van der Waals surface area contributed by atoms with Crippen molar-refractivity contribution in [3.05, 3.63) is 75.6 Å². The van der Waals surface area contributed by atoms with Crippen molar-refractivity contribution < 1.29 is 28.2 Å². The first-order valence-electron chi connectivity index (χ1n) is 9.93. The summed E-state index contributed by atoms with van der Waals surface area (Å²) in [7, 11) is 1.53. The lowest BCUT2D eigenvalue weighted by Gasteiger charge is -2.12. The highest BCUT2D eigenvalue weighted by molar-refractivity contribution is 5.84. The van der Waals surface area contributed by atoms with Gasteiger partial charge in [-0.1, -0.05) is 30.3 Å². The van der Waals surface area contributed by atoms with E-state index in [1.165, 1.54) is 19.2 Å². The summed E-state index contributed by atoms with van der Waals surface area (Å²) in [5, 5.41) is 0.713. The standard InChI is InChI=1S/C24H24O7/c1-16-12-23(26)31-21-15-20(30-24(27)13-17-6-4-3-5-7-17)18(14-19(16)21)8-9-22(25)29-11-10-28-2/h3-7,12,14-15H,8-11,13H2,1-2H3. The quantitative estimate of drug-likeness (QED) is 0.225. The van der Waals surface area contributed by atoms with E-state index in [1.807, 2.05) is 30.3 Å². The first kappa shape index (κ1) is 22.2. The number of fused-ring (bicyclic) bond motifs is 1. The number of ether oxygens (including phenoxy) is 3. The van der Waals surface area contributed by atoms with Crippen LogP contribution in [0.3, 0.4) is 0 Å². The zero-order chi connectivity index (χ0) is 22.2. The summed E-state index contributed by atoms with van der Waals surface area (Å²) in [6.07, 6.45) is 0.498. The third-order valence-electron chi connectivity index (χ3n) is 4.70. The molecule has 0 N–H and O–H groups in total. The van der Waals surface area contributed by atoms with E-state index in [0.717, 1.165) is 11.1 Å². The Hall–Kier alpha value is -3.45. The van der Waals surface area contributed by atoms with Crippen LogP contribution in [0.5, 0.6) is 5.75 Å². The molecule has 1 aromatic heterocycles. The fraction of sp³-hybridized carbons (Fsp3) is 0.292. The SMILES string of the molecule is COCCOC(=O)CCc1cc2c(C)cc(=O)oc2cc1OC(=O)Cc1ccccc1. The number of carbonyl (C=O) groups is 2. The Labute approximate surface area is 179 Å². The van der Waals surface area contributed by atoms with Gasteiger partial charge in [-0.05, 0) is 36.1 Å². The van der Waals surface area contributed by atoms with Gasteiger partial charge in [0.1, 0.15) is 17.9 Å². The second kappa shape index (κ2) is 10.5. The van der Waals surface area contributed by atoms with E-state index >= 15 is 0 Å². The van der Waals surface area contributed by atoms with Gasteiger partial charge in [-0.15, -0.1) is 0 Å². The number of hydrogen-bond acceptors (Lipinski definition) is 7. The third-order valence-corrected chi connectivity index (χ3v) is 4.70. The summed E-state index contributed by atoms with van der Waals surface area (Å²) in [5.41, 5.74) is 2.03. The minimum absolute atomic E-state index is 0.0924. The number of carbonyl (C=O) groups excluding carboxylic acids is 2. The van der Waals surface area contributed by atoms with Crippen LogP contribution in [0, 0.1) is 6.92 Å². The Kier molecular flexibility index (Phi) is 7.56. The van der Waals surface area contributed by atoms with Crippen LogP contribution in [0.2, 0.25) is 0 Å². The van der Waals surface area contributed by atoms with Gasteiger partial charge in [0.25, 0.3) is 0 Å². The fourth-order valence-electron chi connectivity index (χ4n) is 3.15. The molecule has 0 bridgehead atoms. The molecule has 1 heterocycles. The molecule has 0 unspecified atom stereocenters. The number of hydrogen-bond donors (Lipinski definition) is 0. The molecule has 2 aromatic carbocycles. The van der Waals surface area contributed by atoms with E-state index in [9.17, 15) is 14.4 Å². The summed E-state index contributed by atoms with van der Waals surface area (Å²) in [4.78, 5) is 36.3. The molecule has 0 radical (unpaired) electrons. The molecule has 0 spiro atoms. The summed E-state index contributed by atoms with van der Waals surface area (Å²) in [6, 6.07) is 13.9. The second-order valence-electron chi connectivity index (χ2n) is 7.05. The van der Waals surface area contributed by atoms with Crippen molar-refractivity contribution in [2.24, 2.45) is 0 Å². The molecule has 3 aromatic rings. The topological polar surface area (TPSA) is 92.0 Å². The predicted octanol–water partition coefficient (Wildman–Crippen LogP) is 3.37. The third kappa shape index (κ3) is 6.26. The van der Waals surface area contributed by atoms with Crippen LogP contribution in [0.15, 0.2) is 57.7 Å². The van der Waals surface area contributed by atoms with E-state index in [1.54, 1.807) is 13.0 Å². The highest BCUT2D eigenvalue weighted by Crippen LogP contribution is 2.29. The highest BCUT2D eigenvalue weighted by Gasteiger charge is 2.16. The molecule has 7 heteroatoms. The zero-order valence-electron chi connectivity index (χ0n) is 17.5. The molecule has 0 fully saturated rings. The molecule has 0 aliphatic carbocycles. The van der Waals surface area contributed by atoms with Gasteiger partial charge in [-0.2, -0.15) is 0 Å². The molecule has 0 saturated heterocycles. The molecule has 0 saturated carbocycles. The van der Waals surface area contributed by atoms with Gasteiger partial charge in [0.05, 0.1) is 13.0 Å². The smallest absolute Gasteiger partial charge is 0.336 e. The zero-order valence-corrected chi connectivity index (χ0v) is 17.5. The van der Waals surface area contributed by atoms with Gasteiger partial charge >= 0.3 is 17.6 Å². The van der Waals surface area contributed by atoms with Crippen molar-refractivity contribution in [2.45, 2.75) is 26.2 Å². The fourth-order valence-corrected chi connectivity index (χ4v) is 3.15. The lowest BCUT2D eigenvalue weighted by atomic mass is 10.0. The van der Waals surface area contributed by atoms with Crippen molar-refractivity contribution in [1.29, 1.82) is 0 Å². The van der Waals surface area contributed by atoms with Gasteiger partial charge in [0.15, 0.2) is 0 Å². The van der Waals surface area contributed by atoms with Gasteiger partial charge in [-0.3, -0.25) is 9.59 Å². The van der Waals surface area contributed by atoms with Gasteiger partial charge in [-0.25, -0.2) is 4.79 Å². The first-order valence-corrected chi connectivity index (χ1v) is 9.93. The second-order valence-corrected chi connectivity index (χ2v) is 7.05. The van der Waals surface area contributed by atoms with Gasteiger partial charge in [0, 0.05) is 31.0 Å². The molecule has 3 rings (SSSR count). The molecular formula is C24H24O7. The predicted molar refractivity (Wildman–Crippen MR) is 114 cm³/mol. The largest absolute Gasteiger partial charge is 0.463 e. The molecule has 162 valence electrons. The Morgan fingerprint density at radius 3 is 2.52 bits per heavy atom. The van der Waals surface area contributed by atoms with Crippen molar-refractivity contribution in [2.75, 3.05) is 20.3 Å². The highest BCUT2D eigenvalue weighted by atomic mass is 16.6. The average molecular weight is 424 g/mol. The maximum absolute atomic E-state index is 12.5. The first-order chi connectivity index (χ1) is 15.0. The lowest BCUT2D eigenvalue weighted by molar-refractivity contribution is -0.144. The normalized spacial score (nSPS) is 10.8. The maximum atomic E-state index is 12.5. The van der Waals surface area contributed by atoms with Crippen molar-refractivity contribution >= 4 is 22.9 Å². The van der Waals surface area contributed by atoms with Crippen LogP contribution in [0.4, 0.5) is 0 Å². The summed E-state index contributed by atoms with van der Waals surface area (Å²) < 4.78 is 20.8. The Balaban J connectivity index is 1.84. The number of aryl methyl sites for hydroxylation is 2. The van der Waals surface area contributed by atoms with Crippen LogP contribution in [0.25, 0.3) is 11.0 Å². The number of benzene rings is 2. The van der Waals surface area contributed by atoms with Crippen LogP contribution < -0.4 is 10.4 Å². The number of esters is 2. The molecule has 0 aliphatic rings. The van der Waals surface area contributed by atoms with Gasteiger partial charge in [0.2, 0.25) is 0 Å². The molecule has 31 heavy (non-hydrogen) atoms. The van der Waals surface area contributed by atoms with Crippen molar-refractivity contribution in [3.63, 3.8) is 0 Å². The maximum Gasteiger partial charge on any atom is 0.336 e. The molecule has 0 atom stereocenters. The lowest BCUT2D eigenvalue weighted by Crippen LogP contribution is -2.14.